The lowest BCUT2D eigenvalue weighted by atomic mass is 10.0. The zero-order valence-corrected chi connectivity index (χ0v) is 13.0. The summed E-state index contributed by atoms with van der Waals surface area (Å²) in [6.45, 7) is 4.06. The van der Waals surface area contributed by atoms with Crippen molar-refractivity contribution < 1.29 is 9.53 Å². The molecule has 0 radical (unpaired) electrons. The monoisotopic (exact) mass is 296 g/mol. The van der Waals surface area contributed by atoms with Gasteiger partial charge in [0.15, 0.2) is 0 Å². The second-order valence-electron chi connectivity index (χ2n) is 5.67. The molecule has 4 heteroatoms. The van der Waals surface area contributed by atoms with Crippen molar-refractivity contribution in [2.24, 2.45) is 0 Å². The van der Waals surface area contributed by atoms with Gasteiger partial charge in [-0.1, -0.05) is 24.3 Å². The van der Waals surface area contributed by atoms with Gasteiger partial charge in [-0.05, 0) is 43.7 Å². The van der Waals surface area contributed by atoms with Crippen molar-refractivity contribution in [2.75, 3.05) is 12.4 Å². The molecule has 0 unspecified atom stereocenters. The first-order valence-electron chi connectivity index (χ1n) is 7.44. The van der Waals surface area contributed by atoms with Gasteiger partial charge in [0.1, 0.15) is 11.9 Å². The van der Waals surface area contributed by atoms with Crippen LogP contribution in [0, 0.1) is 0 Å². The van der Waals surface area contributed by atoms with Gasteiger partial charge in [-0.2, -0.15) is 0 Å². The number of anilines is 1. The lowest BCUT2D eigenvalue weighted by Gasteiger charge is -2.40. The van der Waals surface area contributed by atoms with Gasteiger partial charge in [-0.25, -0.2) is 0 Å². The molecule has 2 aromatic rings. The van der Waals surface area contributed by atoms with Crippen molar-refractivity contribution >= 4 is 11.6 Å². The highest BCUT2D eigenvalue weighted by Crippen LogP contribution is 2.34. The summed E-state index contributed by atoms with van der Waals surface area (Å²) in [5.74, 6) is 0.868. The number of carbonyl (C=O) groups excluding carboxylic acids is 1. The number of para-hydroxylation sites is 1. The van der Waals surface area contributed by atoms with Crippen molar-refractivity contribution in [1.82, 2.24) is 4.90 Å². The molecule has 1 atom stereocenters. The minimum atomic E-state index is -0.173. The van der Waals surface area contributed by atoms with Crippen molar-refractivity contribution in [3.63, 3.8) is 0 Å². The summed E-state index contributed by atoms with van der Waals surface area (Å²) in [6, 6.07) is 15.6. The molecular formula is C18H20N2O2. The number of hydrogen-bond acceptors (Lipinski definition) is 3. The lowest BCUT2D eigenvalue weighted by molar-refractivity contribution is 0.0617. The quantitative estimate of drug-likeness (QED) is 0.939. The number of rotatable bonds is 3. The van der Waals surface area contributed by atoms with Crippen LogP contribution in [0.25, 0.3) is 0 Å². The number of nitrogens with one attached hydrogen (secondary N) is 1. The molecule has 0 spiro atoms. The van der Waals surface area contributed by atoms with Crippen LogP contribution in [0.4, 0.5) is 5.69 Å². The van der Waals surface area contributed by atoms with Gasteiger partial charge < -0.3 is 15.0 Å². The topological polar surface area (TPSA) is 41.6 Å². The van der Waals surface area contributed by atoms with Crippen molar-refractivity contribution in [3.8, 4) is 5.75 Å². The Balaban J connectivity index is 2.03. The maximum Gasteiger partial charge on any atom is 0.258 e. The Bertz CT molecular complexity index is 680. The van der Waals surface area contributed by atoms with E-state index in [1.165, 1.54) is 0 Å². The summed E-state index contributed by atoms with van der Waals surface area (Å²) in [6.07, 6.45) is -0.173. The standard InChI is InChI=1S/C18H20N2O2/c1-12(2)20-17(13-8-10-14(22-3)11-9-13)19-16-7-5-4-6-15(16)18(20)21/h4-12,17,19H,1-3H3/t17-/m0/s1. The Morgan fingerprint density at radius 3 is 2.41 bits per heavy atom. The zero-order chi connectivity index (χ0) is 15.7. The molecule has 1 aliphatic rings. The molecule has 1 amide bonds. The Hall–Kier alpha value is -2.49. The molecule has 0 aromatic heterocycles. The van der Waals surface area contributed by atoms with Gasteiger partial charge in [0.2, 0.25) is 0 Å². The van der Waals surface area contributed by atoms with E-state index in [0.717, 1.165) is 22.6 Å². The number of methoxy groups -OCH3 is 1. The molecule has 2 aromatic carbocycles. The minimum Gasteiger partial charge on any atom is -0.497 e. The average molecular weight is 296 g/mol. The third-order valence-electron chi connectivity index (χ3n) is 3.95. The Morgan fingerprint density at radius 1 is 1.09 bits per heavy atom. The van der Waals surface area contributed by atoms with Crippen LogP contribution in [0.2, 0.25) is 0 Å². The van der Waals surface area contributed by atoms with Gasteiger partial charge in [0.05, 0.1) is 12.7 Å². The Labute approximate surface area is 130 Å². The third-order valence-corrected chi connectivity index (χ3v) is 3.95. The summed E-state index contributed by atoms with van der Waals surface area (Å²) in [5, 5.41) is 3.48. The summed E-state index contributed by atoms with van der Waals surface area (Å²) in [5.41, 5.74) is 2.64. The van der Waals surface area contributed by atoms with Crippen LogP contribution >= 0.6 is 0 Å². The largest absolute Gasteiger partial charge is 0.497 e. The van der Waals surface area contributed by atoms with Crippen LogP contribution in [-0.2, 0) is 0 Å². The van der Waals surface area contributed by atoms with E-state index in [-0.39, 0.29) is 18.1 Å². The maximum atomic E-state index is 12.8. The second kappa shape index (κ2) is 5.72. The highest BCUT2D eigenvalue weighted by Gasteiger charge is 2.34. The number of ether oxygens (including phenoxy) is 1. The molecular weight excluding hydrogens is 276 g/mol. The Morgan fingerprint density at radius 2 is 1.77 bits per heavy atom. The molecule has 1 N–H and O–H groups in total. The summed E-state index contributed by atoms with van der Waals surface area (Å²) in [4.78, 5) is 14.7. The van der Waals surface area contributed by atoms with Crippen molar-refractivity contribution in [3.05, 3.63) is 59.7 Å². The number of fused-ring (bicyclic) bond motifs is 1. The minimum absolute atomic E-state index is 0.0603. The third kappa shape index (κ3) is 2.41. The lowest BCUT2D eigenvalue weighted by Crippen LogP contribution is -2.46. The molecule has 4 nitrogen and oxygen atoms in total. The van der Waals surface area contributed by atoms with E-state index in [1.54, 1.807) is 7.11 Å². The van der Waals surface area contributed by atoms with Gasteiger partial charge in [-0.3, -0.25) is 4.79 Å². The SMILES string of the molecule is COc1ccc([C@H]2Nc3ccccc3C(=O)N2C(C)C)cc1. The summed E-state index contributed by atoms with van der Waals surface area (Å²) >= 11 is 0. The molecule has 22 heavy (non-hydrogen) atoms. The van der Waals surface area contributed by atoms with Crippen LogP contribution in [0.3, 0.4) is 0 Å². The zero-order valence-electron chi connectivity index (χ0n) is 13.0. The molecule has 0 aliphatic carbocycles. The van der Waals surface area contributed by atoms with E-state index >= 15 is 0 Å². The number of benzene rings is 2. The molecule has 0 bridgehead atoms. The first-order valence-corrected chi connectivity index (χ1v) is 7.44. The molecule has 1 aliphatic heterocycles. The molecule has 0 saturated carbocycles. The molecule has 1 heterocycles. The van der Waals surface area contributed by atoms with Gasteiger partial charge >= 0.3 is 0 Å². The predicted molar refractivity (Wildman–Crippen MR) is 87.1 cm³/mol. The van der Waals surface area contributed by atoms with E-state index in [4.69, 9.17) is 4.74 Å². The van der Waals surface area contributed by atoms with Gasteiger partial charge in [-0.15, -0.1) is 0 Å². The van der Waals surface area contributed by atoms with Crippen LogP contribution in [0.5, 0.6) is 5.75 Å². The van der Waals surface area contributed by atoms with Crippen LogP contribution < -0.4 is 10.1 Å². The second-order valence-corrected chi connectivity index (χ2v) is 5.67. The van der Waals surface area contributed by atoms with Crippen LogP contribution in [-0.4, -0.2) is 24.0 Å². The van der Waals surface area contributed by atoms with Crippen LogP contribution in [0.1, 0.15) is 35.9 Å². The van der Waals surface area contributed by atoms with Crippen molar-refractivity contribution in [1.29, 1.82) is 0 Å². The van der Waals surface area contributed by atoms with Gasteiger partial charge in [0, 0.05) is 11.7 Å². The van der Waals surface area contributed by atoms with E-state index in [1.807, 2.05) is 67.3 Å². The normalized spacial score (nSPS) is 17.2. The average Bonchev–Trinajstić information content (AvgIpc) is 2.54. The van der Waals surface area contributed by atoms with Crippen molar-refractivity contribution in [2.45, 2.75) is 26.1 Å². The molecule has 0 fully saturated rings. The molecule has 114 valence electrons. The van der Waals surface area contributed by atoms with E-state index in [0.29, 0.717) is 0 Å². The smallest absolute Gasteiger partial charge is 0.258 e. The maximum absolute atomic E-state index is 12.8. The fraction of sp³-hybridized carbons (Fsp3) is 0.278. The van der Waals surface area contributed by atoms with E-state index in [2.05, 4.69) is 5.32 Å². The van der Waals surface area contributed by atoms with E-state index < -0.39 is 0 Å². The number of nitrogens with zero attached hydrogens (tertiary/aromatic N) is 1. The number of amides is 1. The Kier molecular flexibility index (Phi) is 3.75. The number of carbonyl (C=O) groups is 1. The summed E-state index contributed by atoms with van der Waals surface area (Å²) in [7, 11) is 1.65. The number of hydrogen-bond donors (Lipinski definition) is 1. The molecule has 0 saturated heterocycles. The molecule has 3 rings (SSSR count). The highest BCUT2D eigenvalue weighted by atomic mass is 16.5. The van der Waals surface area contributed by atoms with Crippen LogP contribution in [0.15, 0.2) is 48.5 Å². The van der Waals surface area contributed by atoms with Gasteiger partial charge in [0.25, 0.3) is 5.91 Å². The fourth-order valence-corrected chi connectivity index (χ4v) is 2.83. The first kappa shape index (κ1) is 14.4. The predicted octanol–water partition coefficient (Wildman–Crippen LogP) is 3.67. The highest BCUT2D eigenvalue weighted by molar-refractivity contribution is 6.01. The fourth-order valence-electron chi connectivity index (χ4n) is 2.83. The first-order chi connectivity index (χ1) is 10.6. The summed E-state index contributed by atoms with van der Waals surface area (Å²) < 4.78 is 5.21. The van der Waals surface area contributed by atoms with E-state index in [9.17, 15) is 4.79 Å².